The van der Waals surface area contributed by atoms with Gasteiger partial charge in [0.05, 0.1) is 0 Å². The molecule has 108 valence electrons. The Bertz CT molecular complexity index is 714. The Morgan fingerprint density at radius 1 is 1.45 bits per heavy atom. The minimum Gasteiger partial charge on any atom is -0.399 e. The zero-order chi connectivity index (χ0) is 14.8. The van der Waals surface area contributed by atoms with Gasteiger partial charge in [-0.05, 0) is 18.2 Å². The van der Waals surface area contributed by atoms with Gasteiger partial charge in [-0.25, -0.2) is 17.5 Å². The van der Waals surface area contributed by atoms with Crippen LogP contribution in [0.1, 0.15) is 11.7 Å². The topological polar surface area (TPSA) is 111 Å². The Labute approximate surface area is 115 Å². The van der Waals surface area contributed by atoms with Crippen LogP contribution in [0.4, 0.5) is 10.1 Å². The maximum absolute atomic E-state index is 13.5. The van der Waals surface area contributed by atoms with E-state index in [1.165, 1.54) is 6.07 Å². The Morgan fingerprint density at radius 3 is 2.85 bits per heavy atom. The van der Waals surface area contributed by atoms with Crippen molar-refractivity contribution in [3.8, 4) is 0 Å². The number of aryl methyl sites for hydroxylation is 1. The molecule has 0 aliphatic carbocycles. The van der Waals surface area contributed by atoms with Crippen molar-refractivity contribution in [2.75, 3.05) is 12.3 Å². The smallest absolute Gasteiger partial charge is 0.243 e. The number of anilines is 1. The lowest BCUT2D eigenvalue weighted by molar-refractivity contribution is 0.387. The lowest BCUT2D eigenvalue weighted by Crippen LogP contribution is -2.27. The average Bonchev–Trinajstić information content (AvgIpc) is 2.78. The molecule has 7 nitrogen and oxygen atoms in total. The Kier molecular flexibility index (Phi) is 4.00. The highest BCUT2D eigenvalue weighted by Gasteiger charge is 2.19. The first-order chi connectivity index (χ1) is 9.38. The molecule has 0 aliphatic rings. The summed E-state index contributed by atoms with van der Waals surface area (Å²) in [6, 6.07) is 3.36. The highest BCUT2D eigenvalue weighted by atomic mass is 32.2. The van der Waals surface area contributed by atoms with Gasteiger partial charge in [-0.2, -0.15) is 4.98 Å². The number of hydrogen-bond donors (Lipinski definition) is 2. The molecule has 1 heterocycles. The molecule has 0 bridgehead atoms. The number of nitrogens with two attached hydrogens (primary N) is 1. The van der Waals surface area contributed by atoms with Gasteiger partial charge in [0.25, 0.3) is 0 Å². The van der Waals surface area contributed by atoms with Crippen LogP contribution in [0.3, 0.4) is 0 Å². The summed E-state index contributed by atoms with van der Waals surface area (Å²) in [6.07, 6.45) is 0.237. The number of nitrogens with zero attached hydrogens (tertiary/aromatic N) is 2. The van der Waals surface area contributed by atoms with Crippen molar-refractivity contribution in [1.29, 1.82) is 0 Å². The van der Waals surface area contributed by atoms with Crippen LogP contribution in [0.25, 0.3) is 0 Å². The average molecular weight is 300 g/mol. The predicted molar refractivity (Wildman–Crippen MR) is 68.7 cm³/mol. The van der Waals surface area contributed by atoms with Gasteiger partial charge in [-0.3, -0.25) is 0 Å². The largest absolute Gasteiger partial charge is 0.399 e. The maximum Gasteiger partial charge on any atom is 0.243 e. The summed E-state index contributed by atoms with van der Waals surface area (Å²) in [5.41, 5.74) is 5.62. The minimum atomic E-state index is -3.97. The number of nitrogens with one attached hydrogen (secondary N) is 1. The van der Waals surface area contributed by atoms with Crippen LogP contribution in [-0.4, -0.2) is 25.1 Å². The van der Waals surface area contributed by atoms with E-state index in [-0.39, 0.29) is 18.7 Å². The van der Waals surface area contributed by atoms with Crippen LogP contribution >= 0.6 is 0 Å². The molecule has 0 radical (unpaired) electrons. The number of hydrogen-bond acceptors (Lipinski definition) is 6. The van der Waals surface area contributed by atoms with Gasteiger partial charge in [-0.1, -0.05) is 5.16 Å². The predicted octanol–water partition coefficient (Wildman–Crippen LogP) is 0.620. The Hall–Kier alpha value is -2.00. The SMILES string of the molecule is Cc1nc(CCNS(=O)(=O)c2cc(N)ccc2F)no1. The highest BCUT2D eigenvalue weighted by Crippen LogP contribution is 2.17. The van der Waals surface area contributed by atoms with E-state index in [2.05, 4.69) is 14.9 Å². The molecule has 0 saturated heterocycles. The van der Waals surface area contributed by atoms with Gasteiger partial charge in [0, 0.05) is 25.6 Å². The summed E-state index contributed by atoms with van der Waals surface area (Å²) in [4.78, 5) is 3.44. The molecule has 0 aliphatic heterocycles. The van der Waals surface area contributed by atoms with Crippen molar-refractivity contribution in [3.63, 3.8) is 0 Å². The summed E-state index contributed by atoms with van der Waals surface area (Å²) in [7, 11) is -3.97. The van der Waals surface area contributed by atoms with E-state index < -0.39 is 20.7 Å². The van der Waals surface area contributed by atoms with E-state index in [0.717, 1.165) is 12.1 Å². The van der Waals surface area contributed by atoms with E-state index >= 15 is 0 Å². The lowest BCUT2D eigenvalue weighted by Gasteiger charge is -2.07. The summed E-state index contributed by atoms with van der Waals surface area (Å²) in [5, 5.41) is 3.62. The Balaban J connectivity index is 2.06. The van der Waals surface area contributed by atoms with Crippen molar-refractivity contribution in [3.05, 3.63) is 35.7 Å². The van der Waals surface area contributed by atoms with E-state index in [4.69, 9.17) is 10.3 Å². The number of rotatable bonds is 5. The van der Waals surface area contributed by atoms with Crippen molar-refractivity contribution in [1.82, 2.24) is 14.9 Å². The number of nitrogen functional groups attached to an aromatic ring is 1. The molecule has 2 rings (SSSR count). The number of benzene rings is 1. The van der Waals surface area contributed by atoms with Crippen LogP contribution in [0, 0.1) is 12.7 Å². The van der Waals surface area contributed by atoms with Gasteiger partial charge in [0.2, 0.25) is 15.9 Å². The molecule has 1 aromatic heterocycles. The van der Waals surface area contributed by atoms with E-state index in [1.54, 1.807) is 6.92 Å². The number of aromatic nitrogens is 2. The summed E-state index contributed by atoms with van der Waals surface area (Å²) in [5.74, 6) is -0.0925. The molecule has 9 heteroatoms. The summed E-state index contributed by atoms with van der Waals surface area (Å²) in [6.45, 7) is 1.65. The normalized spacial score (nSPS) is 11.7. The zero-order valence-electron chi connectivity index (χ0n) is 10.6. The number of sulfonamides is 1. The van der Waals surface area contributed by atoms with Crippen LogP contribution in [0.15, 0.2) is 27.6 Å². The molecule has 1 aromatic carbocycles. The molecule has 0 unspecified atom stereocenters. The highest BCUT2D eigenvalue weighted by molar-refractivity contribution is 7.89. The van der Waals surface area contributed by atoms with E-state index in [9.17, 15) is 12.8 Å². The third kappa shape index (κ3) is 3.31. The van der Waals surface area contributed by atoms with Crippen molar-refractivity contribution in [2.24, 2.45) is 0 Å². The third-order valence-electron chi connectivity index (χ3n) is 2.46. The van der Waals surface area contributed by atoms with Gasteiger partial charge >= 0.3 is 0 Å². The second kappa shape index (κ2) is 5.55. The fraction of sp³-hybridized carbons (Fsp3) is 0.273. The molecule has 3 N–H and O–H groups in total. The molecule has 0 spiro atoms. The van der Waals surface area contributed by atoms with Crippen molar-refractivity contribution in [2.45, 2.75) is 18.2 Å². The molecular weight excluding hydrogens is 287 g/mol. The molecule has 20 heavy (non-hydrogen) atoms. The summed E-state index contributed by atoms with van der Waals surface area (Å²) < 4.78 is 44.4. The van der Waals surface area contributed by atoms with Crippen LogP contribution in [0.2, 0.25) is 0 Å². The van der Waals surface area contributed by atoms with E-state index in [0.29, 0.717) is 11.7 Å². The quantitative estimate of drug-likeness (QED) is 0.783. The van der Waals surface area contributed by atoms with Crippen LogP contribution in [-0.2, 0) is 16.4 Å². The van der Waals surface area contributed by atoms with Crippen LogP contribution in [0.5, 0.6) is 0 Å². The van der Waals surface area contributed by atoms with Gasteiger partial charge in [0.15, 0.2) is 5.82 Å². The molecule has 0 fully saturated rings. The Morgan fingerprint density at radius 2 is 2.20 bits per heavy atom. The van der Waals surface area contributed by atoms with Crippen LogP contribution < -0.4 is 10.5 Å². The fourth-order valence-corrected chi connectivity index (χ4v) is 2.69. The fourth-order valence-electron chi connectivity index (χ4n) is 1.54. The second-order valence-corrected chi connectivity index (χ2v) is 5.80. The first-order valence-corrected chi connectivity index (χ1v) is 7.21. The first-order valence-electron chi connectivity index (χ1n) is 5.72. The zero-order valence-corrected chi connectivity index (χ0v) is 11.4. The number of halogens is 1. The van der Waals surface area contributed by atoms with Gasteiger partial charge in [0.1, 0.15) is 10.7 Å². The minimum absolute atomic E-state index is 0.0234. The standard InChI is InChI=1S/C11H13FN4O3S/c1-7-15-11(16-19-7)4-5-14-20(17,18)10-6-8(13)2-3-9(10)12/h2-3,6,14H,4-5,13H2,1H3. The summed E-state index contributed by atoms with van der Waals surface area (Å²) >= 11 is 0. The van der Waals surface area contributed by atoms with Crippen molar-refractivity contribution < 1.29 is 17.3 Å². The van der Waals surface area contributed by atoms with Gasteiger partial charge in [-0.15, -0.1) is 0 Å². The molecular formula is C11H13FN4O3S. The van der Waals surface area contributed by atoms with E-state index in [1.807, 2.05) is 0 Å². The first kappa shape index (κ1) is 14.4. The third-order valence-corrected chi connectivity index (χ3v) is 3.93. The molecule has 0 amide bonds. The molecule has 0 atom stereocenters. The molecule has 2 aromatic rings. The van der Waals surface area contributed by atoms with Crippen molar-refractivity contribution >= 4 is 15.7 Å². The molecule has 0 saturated carbocycles. The van der Waals surface area contributed by atoms with Gasteiger partial charge < -0.3 is 10.3 Å². The maximum atomic E-state index is 13.5. The monoisotopic (exact) mass is 300 g/mol. The lowest BCUT2D eigenvalue weighted by atomic mass is 10.3. The second-order valence-electron chi connectivity index (χ2n) is 4.07.